The molecule has 1 saturated carbocycles. The van der Waals surface area contributed by atoms with Gasteiger partial charge < -0.3 is 10.6 Å². The molecule has 0 bridgehead atoms. The molecule has 0 spiro atoms. The van der Waals surface area contributed by atoms with E-state index in [1.165, 1.54) is 31.4 Å². The molecule has 0 aliphatic heterocycles. The van der Waals surface area contributed by atoms with Crippen LogP contribution in [0.15, 0.2) is 24.3 Å². The molecular formula is C16H21F3N2O. The number of amides is 1. The van der Waals surface area contributed by atoms with Gasteiger partial charge >= 0.3 is 6.18 Å². The molecule has 1 aromatic carbocycles. The minimum Gasteiger partial charge on any atom is -0.376 e. The van der Waals surface area contributed by atoms with E-state index in [9.17, 15) is 18.0 Å². The largest absolute Gasteiger partial charge is 0.416 e. The summed E-state index contributed by atoms with van der Waals surface area (Å²) >= 11 is 0. The molecule has 1 fully saturated rings. The summed E-state index contributed by atoms with van der Waals surface area (Å²) in [5.41, 5.74) is -0.428. The Morgan fingerprint density at radius 2 is 1.91 bits per heavy atom. The lowest BCUT2D eigenvalue weighted by Crippen LogP contribution is -2.34. The van der Waals surface area contributed by atoms with Crippen molar-refractivity contribution in [2.45, 2.75) is 38.3 Å². The second-order valence-corrected chi connectivity index (χ2v) is 5.74. The van der Waals surface area contributed by atoms with Crippen LogP contribution < -0.4 is 10.6 Å². The maximum Gasteiger partial charge on any atom is 0.416 e. The molecule has 3 nitrogen and oxygen atoms in total. The molecule has 1 aliphatic carbocycles. The van der Waals surface area contributed by atoms with Gasteiger partial charge in [-0.1, -0.05) is 25.3 Å². The first-order valence-electron chi connectivity index (χ1n) is 7.63. The minimum absolute atomic E-state index is 0.0198. The lowest BCUT2D eigenvalue weighted by Gasteiger charge is -2.21. The molecule has 2 N–H and O–H groups in total. The van der Waals surface area contributed by atoms with Crippen molar-refractivity contribution in [2.24, 2.45) is 5.92 Å². The summed E-state index contributed by atoms with van der Waals surface area (Å²) in [5.74, 6) is 0.342. The summed E-state index contributed by atoms with van der Waals surface area (Å²) in [6.07, 6.45) is 1.59. The van der Waals surface area contributed by atoms with Crippen LogP contribution in [0, 0.1) is 5.92 Å². The lowest BCUT2D eigenvalue weighted by molar-refractivity contribution is -0.137. The van der Waals surface area contributed by atoms with E-state index in [-0.39, 0.29) is 12.5 Å². The van der Waals surface area contributed by atoms with Crippen molar-refractivity contribution in [3.05, 3.63) is 29.8 Å². The van der Waals surface area contributed by atoms with Crippen molar-refractivity contribution in [1.82, 2.24) is 5.32 Å². The number of halogens is 3. The number of carbonyl (C=O) groups excluding carboxylic acids is 1. The van der Waals surface area contributed by atoms with Crippen LogP contribution in [0.3, 0.4) is 0 Å². The molecule has 1 aliphatic rings. The highest BCUT2D eigenvalue weighted by atomic mass is 19.4. The summed E-state index contributed by atoms with van der Waals surface area (Å²) in [6, 6.07) is 4.86. The summed E-state index contributed by atoms with van der Waals surface area (Å²) in [4.78, 5) is 11.7. The second kappa shape index (κ2) is 7.51. The average Bonchev–Trinajstić information content (AvgIpc) is 2.51. The van der Waals surface area contributed by atoms with E-state index in [2.05, 4.69) is 10.6 Å². The Morgan fingerprint density at radius 3 is 2.59 bits per heavy atom. The third kappa shape index (κ3) is 5.24. The van der Waals surface area contributed by atoms with Gasteiger partial charge in [-0.3, -0.25) is 4.79 Å². The average molecular weight is 314 g/mol. The predicted octanol–water partition coefficient (Wildman–Crippen LogP) is 3.81. The van der Waals surface area contributed by atoms with Crippen molar-refractivity contribution in [3.8, 4) is 0 Å². The van der Waals surface area contributed by atoms with E-state index in [1.54, 1.807) is 0 Å². The Balaban J connectivity index is 1.76. The predicted molar refractivity (Wildman–Crippen MR) is 79.5 cm³/mol. The van der Waals surface area contributed by atoms with Crippen LogP contribution in [0.5, 0.6) is 0 Å². The van der Waals surface area contributed by atoms with Gasteiger partial charge in [-0.15, -0.1) is 0 Å². The van der Waals surface area contributed by atoms with Gasteiger partial charge in [-0.25, -0.2) is 0 Å². The molecule has 0 atom stereocenters. The summed E-state index contributed by atoms with van der Waals surface area (Å²) in [7, 11) is 0. The topological polar surface area (TPSA) is 41.1 Å². The van der Waals surface area contributed by atoms with Crippen molar-refractivity contribution >= 4 is 11.6 Å². The van der Waals surface area contributed by atoms with Crippen LogP contribution in [-0.2, 0) is 11.0 Å². The Hall–Kier alpha value is -1.72. The molecule has 122 valence electrons. The van der Waals surface area contributed by atoms with E-state index in [0.29, 0.717) is 18.2 Å². The highest BCUT2D eigenvalue weighted by Crippen LogP contribution is 2.30. The number of hydrogen-bond donors (Lipinski definition) is 2. The van der Waals surface area contributed by atoms with E-state index in [0.717, 1.165) is 25.0 Å². The molecule has 0 unspecified atom stereocenters. The third-order valence-corrected chi connectivity index (χ3v) is 3.96. The molecule has 1 amide bonds. The lowest BCUT2D eigenvalue weighted by atomic mass is 9.89. The fourth-order valence-corrected chi connectivity index (χ4v) is 2.70. The zero-order chi connectivity index (χ0) is 16.0. The maximum absolute atomic E-state index is 12.6. The van der Waals surface area contributed by atoms with Gasteiger partial charge in [0.2, 0.25) is 5.91 Å². The van der Waals surface area contributed by atoms with Gasteiger partial charge in [0.25, 0.3) is 0 Å². The smallest absolute Gasteiger partial charge is 0.376 e. The van der Waals surface area contributed by atoms with E-state index >= 15 is 0 Å². The van der Waals surface area contributed by atoms with E-state index in [4.69, 9.17) is 0 Å². The maximum atomic E-state index is 12.6. The van der Waals surface area contributed by atoms with Crippen LogP contribution in [0.4, 0.5) is 18.9 Å². The molecule has 2 rings (SSSR count). The Labute approximate surface area is 128 Å². The second-order valence-electron chi connectivity index (χ2n) is 5.74. The normalized spacial score (nSPS) is 16.3. The number of carbonyl (C=O) groups is 1. The van der Waals surface area contributed by atoms with Gasteiger partial charge in [-0.05, 0) is 37.0 Å². The minimum atomic E-state index is -4.37. The van der Waals surface area contributed by atoms with Crippen LogP contribution in [0.2, 0.25) is 0 Å². The van der Waals surface area contributed by atoms with Crippen molar-refractivity contribution in [1.29, 1.82) is 0 Å². The van der Waals surface area contributed by atoms with E-state index < -0.39 is 11.7 Å². The van der Waals surface area contributed by atoms with Gasteiger partial charge in [-0.2, -0.15) is 13.2 Å². The van der Waals surface area contributed by atoms with Crippen molar-refractivity contribution in [3.63, 3.8) is 0 Å². The van der Waals surface area contributed by atoms with E-state index in [1.807, 2.05) is 0 Å². The van der Waals surface area contributed by atoms with Crippen LogP contribution in [0.25, 0.3) is 0 Å². The quantitative estimate of drug-likeness (QED) is 0.867. The Morgan fingerprint density at radius 1 is 1.18 bits per heavy atom. The number of hydrogen-bond acceptors (Lipinski definition) is 2. The van der Waals surface area contributed by atoms with Crippen molar-refractivity contribution in [2.75, 3.05) is 18.4 Å². The Kier molecular flexibility index (Phi) is 5.69. The number of rotatable bonds is 5. The van der Waals surface area contributed by atoms with Crippen LogP contribution in [-0.4, -0.2) is 19.0 Å². The number of anilines is 1. The number of benzene rings is 1. The molecule has 0 radical (unpaired) electrons. The molecule has 0 saturated heterocycles. The first-order valence-corrected chi connectivity index (χ1v) is 7.63. The molecule has 0 heterocycles. The SMILES string of the molecule is O=C(CNc1cccc(C(F)(F)F)c1)NCC1CCCCC1. The molecule has 1 aromatic rings. The first-order chi connectivity index (χ1) is 10.4. The fourth-order valence-electron chi connectivity index (χ4n) is 2.70. The summed E-state index contributed by atoms with van der Waals surface area (Å²) in [6.45, 7) is 0.636. The molecular weight excluding hydrogens is 293 g/mol. The highest BCUT2D eigenvalue weighted by molar-refractivity contribution is 5.80. The Bertz CT molecular complexity index is 496. The summed E-state index contributed by atoms with van der Waals surface area (Å²) in [5, 5.41) is 5.58. The highest BCUT2D eigenvalue weighted by Gasteiger charge is 2.30. The number of alkyl halides is 3. The molecule has 6 heteroatoms. The zero-order valence-electron chi connectivity index (χ0n) is 12.4. The first kappa shape index (κ1) is 16.6. The van der Waals surface area contributed by atoms with Crippen LogP contribution in [0.1, 0.15) is 37.7 Å². The third-order valence-electron chi connectivity index (χ3n) is 3.96. The van der Waals surface area contributed by atoms with Crippen molar-refractivity contribution < 1.29 is 18.0 Å². The number of nitrogens with one attached hydrogen (secondary N) is 2. The van der Waals surface area contributed by atoms with Gasteiger partial charge in [0.05, 0.1) is 12.1 Å². The van der Waals surface area contributed by atoms with Gasteiger partial charge in [0.15, 0.2) is 0 Å². The van der Waals surface area contributed by atoms with Gasteiger partial charge in [0.1, 0.15) is 0 Å². The summed E-state index contributed by atoms with van der Waals surface area (Å²) < 4.78 is 37.8. The van der Waals surface area contributed by atoms with Gasteiger partial charge in [0, 0.05) is 12.2 Å². The van der Waals surface area contributed by atoms with Crippen LogP contribution >= 0.6 is 0 Å². The molecule has 22 heavy (non-hydrogen) atoms. The monoisotopic (exact) mass is 314 g/mol. The standard InChI is InChI=1S/C16H21F3N2O/c17-16(18,19)13-7-4-8-14(9-13)20-11-15(22)21-10-12-5-2-1-3-6-12/h4,7-9,12,20H,1-3,5-6,10-11H2,(H,21,22). The fraction of sp³-hybridized carbons (Fsp3) is 0.562. The molecule has 0 aromatic heterocycles. The zero-order valence-corrected chi connectivity index (χ0v) is 12.4.